The highest BCUT2D eigenvalue weighted by Crippen LogP contribution is 2.35. The molecular formula is C21H25NO12. The fraction of sp³-hybridized carbons (Fsp3) is 0.524. The second-order valence-electron chi connectivity index (χ2n) is 7.20. The molecule has 5 atom stereocenters. The average molecular weight is 483 g/mol. The van der Waals surface area contributed by atoms with Gasteiger partial charge in [-0.3, -0.25) is 24.5 Å². The summed E-state index contributed by atoms with van der Waals surface area (Å²) in [5, 5.41) is 11.6. The van der Waals surface area contributed by atoms with E-state index in [-0.39, 0.29) is 5.75 Å². The molecule has 1 saturated heterocycles. The van der Waals surface area contributed by atoms with Gasteiger partial charge in [-0.25, -0.2) is 4.79 Å². The first-order chi connectivity index (χ1) is 16.0. The molecule has 13 heteroatoms. The van der Waals surface area contributed by atoms with E-state index in [1.807, 2.05) is 0 Å². The van der Waals surface area contributed by atoms with Gasteiger partial charge in [-0.1, -0.05) is 13.0 Å². The number of nitro groups is 1. The predicted octanol–water partition coefficient (Wildman–Crippen LogP) is 1.23. The number of carbonyl (C=O) groups excluding carboxylic acids is 4. The summed E-state index contributed by atoms with van der Waals surface area (Å²) >= 11 is 0. The summed E-state index contributed by atoms with van der Waals surface area (Å²) in [5.74, 6) is -3.85. The number of esters is 4. The molecule has 0 unspecified atom stereocenters. The van der Waals surface area contributed by atoms with Crippen molar-refractivity contribution < 1.29 is 52.5 Å². The zero-order valence-electron chi connectivity index (χ0n) is 19.2. The molecular weight excluding hydrogens is 458 g/mol. The van der Waals surface area contributed by atoms with Crippen molar-refractivity contribution in [3.05, 3.63) is 33.9 Å². The molecule has 186 valence electrons. The van der Waals surface area contributed by atoms with Crippen LogP contribution >= 0.6 is 0 Å². The predicted molar refractivity (Wildman–Crippen MR) is 110 cm³/mol. The van der Waals surface area contributed by atoms with E-state index in [1.54, 1.807) is 13.0 Å². The number of benzene rings is 1. The summed E-state index contributed by atoms with van der Waals surface area (Å²) in [6.07, 6.45) is -7.56. The Morgan fingerprint density at radius 1 is 0.971 bits per heavy atom. The van der Waals surface area contributed by atoms with Crippen LogP contribution in [-0.2, 0) is 49.3 Å². The molecule has 1 aromatic carbocycles. The SMILES string of the molecule is CCc1ccc(O[C@@H]2O[C@H](C(=O)OC)[C@@H](OC(C)=O)[C@H](OC(C)=O)[C@H]2OC(C)=O)c([N+](=O)[O-])c1. The lowest BCUT2D eigenvalue weighted by molar-refractivity contribution is -0.387. The zero-order valence-corrected chi connectivity index (χ0v) is 19.2. The van der Waals surface area contributed by atoms with E-state index in [1.165, 1.54) is 12.1 Å². The molecule has 0 radical (unpaired) electrons. The minimum Gasteiger partial charge on any atom is -0.467 e. The van der Waals surface area contributed by atoms with Crippen molar-refractivity contribution in [2.24, 2.45) is 0 Å². The molecule has 2 rings (SSSR count). The summed E-state index contributed by atoms with van der Waals surface area (Å²) in [7, 11) is 1.04. The van der Waals surface area contributed by atoms with E-state index >= 15 is 0 Å². The number of carbonyl (C=O) groups is 4. The number of methoxy groups -OCH3 is 1. The first-order valence-corrected chi connectivity index (χ1v) is 10.2. The summed E-state index contributed by atoms with van der Waals surface area (Å²) in [6.45, 7) is 4.94. The number of rotatable bonds is 8. The molecule has 0 N–H and O–H groups in total. The maximum atomic E-state index is 12.4. The van der Waals surface area contributed by atoms with Gasteiger partial charge < -0.3 is 28.4 Å². The lowest BCUT2D eigenvalue weighted by Gasteiger charge is -2.42. The maximum absolute atomic E-state index is 12.4. The average Bonchev–Trinajstić information content (AvgIpc) is 2.76. The smallest absolute Gasteiger partial charge is 0.339 e. The molecule has 1 heterocycles. The van der Waals surface area contributed by atoms with Gasteiger partial charge in [0, 0.05) is 26.8 Å². The van der Waals surface area contributed by atoms with Gasteiger partial charge in [-0.2, -0.15) is 0 Å². The highest BCUT2D eigenvalue weighted by atomic mass is 16.7. The largest absolute Gasteiger partial charge is 0.467 e. The summed E-state index contributed by atoms with van der Waals surface area (Å²) < 4.78 is 31.6. The van der Waals surface area contributed by atoms with Crippen LogP contribution in [0.15, 0.2) is 18.2 Å². The molecule has 0 saturated carbocycles. The van der Waals surface area contributed by atoms with Crippen LogP contribution in [0.1, 0.15) is 33.3 Å². The van der Waals surface area contributed by atoms with Crippen LogP contribution in [0.5, 0.6) is 5.75 Å². The number of nitro benzene ring substituents is 1. The molecule has 0 aromatic heterocycles. The van der Waals surface area contributed by atoms with E-state index in [0.717, 1.165) is 27.9 Å². The van der Waals surface area contributed by atoms with Gasteiger partial charge in [0.15, 0.2) is 24.1 Å². The number of hydrogen-bond acceptors (Lipinski definition) is 12. The molecule has 13 nitrogen and oxygen atoms in total. The van der Waals surface area contributed by atoms with Crippen molar-refractivity contribution in [1.29, 1.82) is 0 Å². The molecule has 1 aliphatic heterocycles. The van der Waals surface area contributed by atoms with E-state index in [9.17, 15) is 29.3 Å². The molecule has 0 aliphatic carbocycles. The zero-order chi connectivity index (χ0) is 25.6. The molecule has 0 bridgehead atoms. The van der Waals surface area contributed by atoms with Crippen LogP contribution in [0.2, 0.25) is 0 Å². The van der Waals surface area contributed by atoms with Crippen molar-refractivity contribution in [3.8, 4) is 5.75 Å². The van der Waals surface area contributed by atoms with Crippen LogP contribution in [0, 0.1) is 10.1 Å². The Hall–Kier alpha value is -3.74. The third kappa shape index (κ3) is 6.41. The second kappa shape index (κ2) is 11.4. The normalized spacial score (nSPS) is 23.9. The number of aryl methyl sites for hydroxylation is 1. The van der Waals surface area contributed by atoms with Gasteiger partial charge in [0.1, 0.15) is 0 Å². The van der Waals surface area contributed by atoms with E-state index in [4.69, 9.17) is 28.4 Å². The van der Waals surface area contributed by atoms with Crippen molar-refractivity contribution in [2.75, 3.05) is 7.11 Å². The van der Waals surface area contributed by atoms with Crippen LogP contribution < -0.4 is 4.74 Å². The van der Waals surface area contributed by atoms with Crippen molar-refractivity contribution >= 4 is 29.6 Å². The molecule has 0 spiro atoms. The Morgan fingerprint density at radius 2 is 1.53 bits per heavy atom. The minimum absolute atomic E-state index is 0.263. The third-order valence-electron chi connectivity index (χ3n) is 4.71. The van der Waals surface area contributed by atoms with Crippen LogP contribution in [-0.4, -0.2) is 66.6 Å². The minimum atomic E-state index is -1.68. The van der Waals surface area contributed by atoms with Crippen LogP contribution in [0.3, 0.4) is 0 Å². The quantitative estimate of drug-likeness (QED) is 0.225. The Kier molecular flexibility index (Phi) is 8.90. The third-order valence-corrected chi connectivity index (χ3v) is 4.71. The van der Waals surface area contributed by atoms with Gasteiger partial charge in [0.05, 0.1) is 12.0 Å². The first-order valence-electron chi connectivity index (χ1n) is 10.2. The summed E-state index contributed by atoms with van der Waals surface area (Å²) in [6, 6.07) is 4.19. The lowest BCUT2D eigenvalue weighted by Crippen LogP contribution is -2.64. The topological polar surface area (TPSA) is 167 Å². The Balaban J connectivity index is 2.58. The summed E-state index contributed by atoms with van der Waals surface area (Å²) in [4.78, 5) is 58.7. The Labute approximate surface area is 194 Å². The highest BCUT2D eigenvalue weighted by molar-refractivity contribution is 5.77. The lowest BCUT2D eigenvalue weighted by atomic mass is 9.97. The molecule has 1 aliphatic rings. The van der Waals surface area contributed by atoms with Crippen molar-refractivity contribution in [1.82, 2.24) is 0 Å². The molecule has 0 amide bonds. The summed E-state index contributed by atoms with van der Waals surface area (Å²) in [5.41, 5.74) is 0.241. The second-order valence-corrected chi connectivity index (χ2v) is 7.20. The van der Waals surface area contributed by atoms with E-state index < -0.39 is 65.2 Å². The van der Waals surface area contributed by atoms with E-state index in [2.05, 4.69) is 0 Å². The fourth-order valence-electron chi connectivity index (χ4n) is 3.32. The van der Waals surface area contributed by atoms with E-state index in [0.29, 0.717) is 12.0 Å². The molecule has 1 fully saturated rings. The Bertz CT molecular complexity index is 961. The highest BCUT2D eigenvalue weighted by Gasteiger charge is 2.56. The van der Waals surface area contributed by atoms with Crippen molar-refractivity contribution in [2.45, 2.75) is 64.8 Å². The number of nitrogens with zero attached hydrogens (tertiary/aromatic N) is 1. The molecule has 1 aromatic rings. The molecule has 34 heavy (non-hydrogen) atoms. The van der Waals surface area contributed by atoms with Crippen LogP contribution in [0.25, 0.3) is 0 Å². The fourth-order valence-corrected chi connectivity index (χ4v) is 3.32. The van der Waals surface area contributed by atoms with Gasteiger partial charge in [0.2, 0.25) is 12.4 Å². The Morgan fingerprint density at radius 3 is 2.03 bits per heavy atom. The standard InChI is InChI=1S/C21H25NO12/c1-6-13-7-8-15(14(9-13)22(27)28)33-21-19(32-12(4)25)17(31-11(3)24)16(30-10(2)23)18(34-21)20(26)29-5/h7-9,16-19,21H,6H2,1-5H3/t16-,17-,18-,19+,21+/m0/s1. The van der Waals surface area contributed by atoms with Crippen LogP contribution in [0.4, 0.5) is 5.69 Å². The monoisotopic (exact) mass is 483 g/mol. The van der Waals surface area contributed by atoms with Gasteiger partial charge in [-0.05, 0) is 18.1 Å². The van der Waals surface area contributed by atoms with Crippen molar-refractivity contribution in [3.63, 3.8) is 0 Å². The van der Waals surface area contributed by atoms with Gasteiger partial charge in [0.25, 0.3) is 0 Å². The van der Waals surface area contributed by atoms with Gasteiger partial charge >= 0.3 is 29.6 Å². The maximum Gasteiger partial charge on any atom is 0.339 e. The number of hydrogen-bond donors (Lipinski definition) is 0. The number of ether oxygens (including phenoxy) is 6. The first kappa shape index (κ1) is 26.5. The van der Waals surface area contributed by atoms with Gasteiger partial charge in [-0.15, -0.1) is 0 Å².